The molecule has 1 N–H and O–H groups in total. The van der Waals surface area contributed by atoms with Gasteiger partial charge < -0.3 is 5.32 Å². The summed E-state index contributed by atoms with van der Waals surface area (Å²) in [5.74, 6) is -0.327. The fourth-order valence-electron chi connectivity index (χ4n) is 3.49. The van der Waals surface area contributed by atoms with E-state index in [0.717, 1.165) is 46.7 Å². The Balaban J connectivity index is 1.45. The second-order valence-corrected chi connectivity index (χ2v) is 7.84. The van der Waals surface area contributed by atoms with E-state index in [1.165, 1.54) is 12.1 Å². The van der Waals surface area contributed by atoms with E-state index in [0.29, 0.717) is 0 Å². The number of thiazole rings is 1. The molecule has 146 valence electrons. The topological polar surface area (TPSA) is 45.2 Å². The van der Waals surface area contributed by atoms with Crippen LogP contribution in [0.2, 0.25) is 0 Å². The largest absolute Gasteiger partial charge is 0.416 e. The Kier molecular flexibility index (Phi) is 5.07. The molecule has 2 heterocycles. The molecular weight excluding hydrogens is 387 g/mol. The predicted octanol–water partition coefficient (Wildman–Crippen LogP) is 5.09. The maximum absolute atomic E-state index is 12.8. The highest BCUT2D eigenvalue weighted by Gasteiger charge is 2.31. The highest BCUT2D eigenvalue weighted by atomic mass is 32.1. The van der Waals surface area contributed by atoms with Gasteiger partial charge in [0.25, 0.3) is 0 Å². The van der Waals surface area contributed by atoms with Crippen molar-refractivity contribution in [3.05, 3.63) is 59.1 Å². The minimum atomic E-state index is -4.44. The van der Waals surface area contributed by atoms with Gasteiger partial charge in [-0.25, -0.2) is 4.98 Å². The Bertz CT molecular complexity index is 969. The van der Waals surface area contributed by atoms with Gasteiger partial charge in [-0.1, -0.05) is 18.2 Å². The zero-order valence-electron chi connectivity index (χ0n) is 14.9. The lowest BCUT2D eigenvalue weighted by Crippen LogP contribution is -2.33. The molecule has 2 aromatic carbocycles. The summed E-state index contributed by atoms with van der Waals surface area (Å²) in [5, 5.41) is 3.56. The van der Waals surface area contributed by atoms with E-state index in [2.05, 4.69) is 5.32 Å². The number of benzene rings is 2. The van der Waals surface area contributed by atoms with Crippen molar-refractivity contribution < 1.29 is 18.0 Å². The number of aromatic nitrogens is 1. The average Bonchev–Trinajstić information content (AvgIpc) is 3.27. The molecule has 1 fully saturated rings. The third-order valence-corrected chi connectivity index (χ3v) is 5.92. The van der Waals surface area contributed by atoms with E-state index in [9.17, 15) is 18.0 Å². The number of hydrogen-bond donors (Lipinski definition) is 1. The highest BCUT2D eigenvalue weighted by molar-refractivity contribution is 7.18. The first-order valence-corrected chi connectivity index (χ1v) is 9.78. The molecule has 0 saturated carbocycles. The number of carbonyl (C=O) groups is 1. The molecule has 1 atom stereocenters. The Morgan fingerprint density at radius 3 is 2.82 bits per heavy atom. The van der Waals surface area contributed by atoms with Crippen molar-refractivity contribution in [2.75, 3.05) is 18.4 Å². The number of anilines is 1. The standard InChI is InChI=1S/C20H18F3N3OS/c21-20(22,23)13-5-3-6-14(11-13)24-18(27)12-26-10-4-8-16(26)19-25-15-7-1-2-9-17(15)28-19/h1-3,5-7,9,11,16H,4,8,10,12H2,(H,24,27)/t16-/m1/s1. The minimum absolute atomic E-state index is 0.0599. The van der Waals surface area contributed by atoms with Gasteiger partial charge in [0.2, 0.25) is 5.91 Å². The fraction of sp³-hybridized carbons (Fsp3) is 0.300. The maximum atomic E-state index is 12.8. The van der Waals surface area contributed by atoms with Crippen LogP contribution in [0.3, 0.4) is 0 Å². The first-order valence-electron chi connectivity index (χ1n) is 8.97. The number of halogens is 3. The van der Waals surface area contributed by atoms with Gasteiger partial charge in [-0.3, -0.25) is 9.69 Å². The van der Waals surface area contributed by atoms with Crippen LogP contribution in [0.1, 0.15) is 29.5 Å². The minimum Gasteiger partial charge on any atom is -0.325 e. The van der Waals surface area contributed by atoms with Crippen molar-refractivity contribution in [1.82, 2.24) is 9.88 Å². The van der Waals surface area contributed by atoms with E-state index in [1.54, 1.807) is 11.3 Å². The van der Waals surface area contributed by atoms with Crippen molar-refractivity contribution in [2.24, 2.45) is 0 Å². The molecule has 1 aromatic heterocycles. The quantitative estimate of drug-likeness (QED) is 0.658. The molecule has 1 amide bonds. The Labute approximate surface area is 164 Å². The summed E-state index contributed by atoms with van der Waals surface area (Å²) in [5.41, 5.74) is 0.317. The predicted molar refractivity (Wildman–Crippen MR) is 103 cm³/mol. The highest BCUT2D eigenvalue weighted by Crippen LogP contribution is 2.36. The molecule has 4 nitrogen and oxygen atoms in total. The van der Waals surface area contributed by atoms with Crippen molar-refractivity contribution in [2.45, 2.75) is 25.1 Å². The summed E-state index contributed by atoms with van der Waals surface area (Å²) in [7, 11) is 0. The molecule has 0 unspecified atom stereocenters. The van der Waals surface area contributed by atoms with E-state index < -0.39 is 11.7 Å². The number of hydrogen-bond acceptors (Lipinski definition) is 4. The van der Waals surface area contributed by atoms with Crippen LogP contribution in [-0.4, -0.2) is 28.9 Å². The van der Waals surface area contributed by atoms with Gasteiger partial charge in [-0.05, 0) is 49.7 Å². The molecule has 1 aliphatic rings. The van der Waals surface area contributed by atoms with Gasteiger partial charge >= 0.3 is 6.18 Å². The molecular formula is C20H18F3N3OS. The van der Waals surface area contributed by atoms with Crippen LogP contribution >= 0.6 is 11.3 Å². The van der Waals surface area contributed by atoms with Crippen molar-refractivity contribution >= 4 is 33.1 Å². The second kappa shape index (κ2) is 7.52. The van der Waals surface area contributed by atoms with Gasteiger partial charge in [0, 0.05) is 5.69 Å². The molecule has 4 rings (SSSR count). The van der Waals surface area contributed by atoms with Crippen LogP contribution in [0.4, 0.5) is 18.9 Å². The lowest BCUT2D eigenvalue weighted by atomic mass is 10.2. The monoisotopic (exact) mass is 405 g/mol. The Morgan fingerprint density at radius 1 is 1.21 bits per heavy atom. The molecule has 0 radical (unpaired) electrons. The van der Waals surface area contributed by atoms with Crippen molar-refractivity contribution in [3.63, 3.8) is 0 Å². The average molecular weight is 405 g/mol. The normalized spacial score (nSPS) is 17.9. The zero-order chi connectivity index (χ0) is 19.7. The molecule has 0 spiro atoms. The summed E-state index contributed by atoms with van der Waals surface area (Å²) in [6.45, 7) is 0.882. The number of carbonyl (C=O) groups excluding carboxylic acids is 1. The molecule has 1 saturated heterocycles. The molecule has 0 aliphatic carbocycles. The number of rotatable bonds is 4. The van der Waals surface area contributed by atoms with Crippen molar-refractivity contribution in [3.8, 4) is 0 Å². The fourth-order valence-corrected chi connectivity index (χ4v) is 4.62. The van der Waals surface area contributed by atoms with Gasteiger partial charge in [-0.2, -0.15) is 13.2 Å². The van der Waals surface area contributed by atoms with Crippen LogP contribution in [0.25, 0.3) is 10.2 Å². The van der Waals surface area contributed by atoms with Gasteiger partial charge in [0.15, 0.2) is 0 Å². The third-order valence-electron chi connectivity index (χ3n) is 4.78. The first kappa shape index (κ1) is 18.9. The number of nitrogens with zero attached hydrogens (tertiary/aromatic N) is 2. The van der Waals surface area contributed by atoms with E-state index in [4.69, 9.17) is 4.98 Å². The number of para-hydroxylation sites is 1. The van der Waals surface area contributed by atoms with Crippen LogP contribution in [-0.2, 0) is 11.0 Å². The smallest absolute Gasteiger partial charge is 0.325 e. The maximum Gasteiger partial charge on any atom is 0.416 e. The number of likely N-dealkylation sites (tertiary alicyclic amines) is 1. The number of amides is 1. The third kappa shape index (κ3) is 4.02. The molecule has 8 heteroatoms. The zero-order valence-corrected chi connectivity index (χ0v) is 15.7. The van der Waals surface area contributed by atoms with E-state index >= 15 is 0 Å². The van der Waals surface area contributed by atoms with Crippen molar-refractivity contribution in [1.29, 1.82) is 0 Å². The SMILES string of the molecule is O=C(CN1CCC[C@@H]1c1nc2ccccc2s1)Nc1cccc(C(F)(F)F)c1. The lowest BCUT2D eigenvalue weighted by molar-refractivity contribution is -0.137. The molecule has 0 bridgehead atoms. The number of nitrogens with one attached hydrogen (secondary N) is 1. The van der Waals surface area contributed by atoms with Gasteiger partial charge in [0.05, 0.1) is 28.4 Å². The first-order chi connectivity index (χ1) is 13.4. The summed E-state index contributed by atoms with van der Waals surface area (Å²) >= 11 is 1.62. The van der Waals surface area contributed by atoms with Gasteiger partial charge in [0.1, 0.15) is 5.01 Å². The number of alkyl halides is 3. The van der Waals surface area contributed by atoms with Crippen LogP contribution in [0.15, 0.2) is 48.5 Å². The lowest BCUT2D eigenvalue weighted by Gasteiger charge is -2.22. The molecule has 3 aromatic rings. The van der Waals surface area contributed by atoms with Crippen LogP contribution in [0, 0.1) is 0 Å². The van der Waals surface area contributed by atoms with E-state index in [1.807, 2.05) is 29.2 Å². The van der Waals surface area contributed by atoms with Crippen LogP contribution < -0.4 is 5.32 Å². The Hall–Kier alpha value is -2.45. The molecule has 28 heavy (non-hydrogen) atoms. The molecule has 1 aliphatic heterocycles. The summed E-state index contributed by atoms with van der Waals surface area (Å²) in [4.78, 5) is 19.2. The van der Waals surface area contributed by atoms with Crippen LogP contribution in [0.5, 0.6) is 0 Å². The number of fused-ring (bicyclic) bond motifs is 1. The van der Waals surface area contributed by atoms with E-state index in [-0.39, 0.29) is 24.2 Å². The summed E-state index contributed by atoms with van der Waals surface area (Å²) < 4.78 is 39.6. The summed E-state index contributed by atoms with van der Waals surface area (Å²) in [6.07, 6.45) is -2.57. The van der Waals surface area contributed by atoms with Gasteiger partial charge in [-0.15, -0.1) is 11.3 Å². The Morgan fingerprint density at radius 2 is 2.04 bits per heavy atom. The summed E-state index contributed by atoms with van der Waals surface area (Å²) in [6, 6.07) is 12.7. The second-order valence-electron chi connectivity index (χ2n) is 6.78.